The Morgan fingerprint density at radius 2 is 2.16 bits per heavy atom. The van der Waals surface area contributed by atoms with E-state index in [-0.39, 0.29) is 17.5 Å². The first kappa shape index (κ1) is 13.5. The van der Waals surface area contributed by atoms with Crippen LogP contribution < -0.4 is 0 Å². The molecule has 0 spiro atoms. The van der Waals surface area contributed by atoms with Gasteiger partial charge in [-0.1, -0.05) is 0 Å². The molecular weight excluding hydrogens is 251 g/mol. The van der Waals surface area contributed by atoms with E-state index in [0.717, 1.165) is 25.0 Å². The fraction of sp³-hybridized carbons (Fsp3) is 0.462. The monoisotopic (exact) mass is 266 g/mol. The predicted octanol–water partition coefficient (Wildman–Crippen LogP) is 2.60. The minimum atomic E-state index is -0.983. The second kappa shape index (κ2) is 4.95. The van der Waals surface area contributed by atoms with Crippen molar-refractivity contribution in [1.82, 2.24) is 4.90 Å². The Bertz CT molecular complexity index is 529. The molecule has 0 radical (unpaired) electrons. The quantitative estimate of drug-likeness (QED) is 0.621. The summed E-state index contributed by atoms with van der Waals surface area (Å²) in [6.07, 6.45) is 2.21. The molecule has 1 amide bonds. The topological polar surface area (TPSA) is 63.5 Å². The van der Waals surface area contributed by atoms with Gasteiger partial charge in [0.05, 0.1) is 4.92 Å². The second-order valence-electron chi connectivity index (χ2n) is 4.92. The number of hydrogen-bond acceptors (Lipinski definition) is 3. The molecule has 19 heavy (non-hydrogen) atoms. The molecule has 6 heteroatoms. The van der Waals surface area contributed by atoms with Gasteiger partial charge in [0.2, 0.25) is 5.82 Å². The van der Waals surface area contributed by atoms with Gasteiger partial charge in [0.25, 0.3) is 5.91 Å². The SMILES string of the molecule is CC(C1CC1)N(C)C(=O)c1ccc([N+](=O)[O-])c(F)c1. The standard InChI is InChI=1S/C13H15FN2O3/c1-8(9-3-4-9)15(2)13(17)10-5-6-12(16(18)19)11(14)7-10/h5-9H,3-4H2,1-2H3. The molecule has 1 unspecified atom stereocenters. The number of halogens is 1. The zero-order valence-electron chi connectivity index (χ0n) is 10.8. The Hall–Kier alpha value is -1.98. The molecule has 0 heterocycles. The van der Waals surface area contributed by atoms with E-state index in [1.165, 1.54) is 6.07 Å². The average molecular weight is 266 g/mol. The normalized spacial score (nSPS) is 15.9. The molecule has 1 saturated carbocycles. The Labute approximate surface area is 110 Å². The van der Waals surface area contributed by atoms with Crippen LogP contribution in [-0.2, 0) is 0 Å². The summed E-state index contributed by atoms with van der Waals surface area (Å²) in [5, 5.41) is 10.5. The number of benzene rings is 1. The first-order valence-electron chi connectivity index (χ1n) is 6.13. The highest BCUT2D eigenvalue weighted by atomic mass is 19.1. The molecule has 1 fully saturated rings. The smallest absolute Gasteiger partial charge is 0.304 e. The van der Waals surface area contributed by atoms with Crippen molar-refractivity contribution in [2.75, 3.05) is 7.05 Å². The van der Waals surface area contributed by atoms with Gasteiger partial charge in [-0.15, -0.1) is 0 Å². The minimum absolute atomic E-state index is 0.103. The molecule has 2 rings (SSSR count). The molecule has 0 aromatic heterocycles. The molecule has 1 aliphatic rings. The molecule has 1 aliphatic carbocycles. The van der Waals surface area contributed by atoms with Gasteiger partial charge in [-0.2, -0.15) is 4.39 Å². The van der Waals surface area contributed by atoms with Crippen molar-refractivity contribution in [1.29, 1.82) is 0 Å². The third-order valence-electron chi connectivity index (χ3n) is 3.63. The van der Waals surface area contributed by atoms with Gasteiger partial charge in [-0.3, -0.25) is 14.9 Å². The lowest BCUT2D eigenvalue weighted by Crippen LogP contribution is -2.36. The average Bonchev–Trinajstić information content (AvgIpc) is 3.19. The summed E-state index contributed by atoms with van der Waals surface area (Å²) in [5.74, 6) is -0.784. The molecule has 0 bridgehead atoms. The highest BCUT2D eigenvalue weighted by Crippen LogP contribution is 2.35. The summed E-state index contributed by atoms with van der Waals surface area (Å²) in [4.78, 5) is 23.4. The van der Waals surface area contributed by atoms with E-state index in [4.69, 9.17) is 0 Å². The van der Waals surface area contributed by atoms with Crippen LogP contribution >= 0.6 is 0 Å². The Kier molecular flexibility index (Phi) is 3.50. The molecule has 102 valence electrons. The molecule has 5 nitrogen and oxygen atoms in total. The lowest BCUT2D eigenvalue weighted by molar-refractivity contribution is -0.387. The molecule has 0 N–H and O–H groups in total. The Morgan fingerprint density at radius 3 is 2.63 bits per heavy atom. The number of amides is 1. The first-order valence-corrected chi connectivity index (χ1v) is 6.13. The van der Waals surface area contributed by atoms with Crippen LogP contribution in [0, 0.1) is 21.8 Å². The van der Waals surface area contributed by atoms with Crippen molar-refractivity contribution >= 4 is 11.6 Å². The van der Waals surface area contributed by atoms with E-state index in [2.05, 4.69) is 0 Å². The summed E-state index contributed by atoms with van der Waals surface area (Å²) in [5.41, 5.74) is -0.479. The Balaban J connectivity index is 2.19. The molecule has 1 aromatic rings. The maximum atomic E-state index is 13.5. The lowest BCUT2D eigenvalue weighted by atomic mass is 10.1. The fourth-order valence-corrected chi connectivity index (χ4v) is 2.07. The van der Waals surface area contributed by atoms with Crippen molar-refractivity contribution in [2.24, 2.45) is 5.92 Å². The summed E-state index contributed by atoms with van der Waals surface area (Å²) in [7, 11) is 1.67. The van der Waals surface area contributed by atoms with Gasteiger partial charge >= 0.3 is 5.69 Å². The van der Waals surface area contributed by atoms with Gasteiger partial charge in [-0.05, 0) is 37.8 Å². The molecule has 0 aliphatic heterocycles. The van der Waals surface area contributed by atoms with Gasteiger partial charge in [0, 0.05) is 24.7 Å². The molecule has 1 aromatic carbocycles. The van der Waals surface area contributed by atoms with Crippen LogP contribution in [0.1, 0.15) is 30.1 Å². The summed E-state index contributed by atoms with van der Waals surface area (Å²) in [6, 6.07) is 3.35. The third-order valence-corrected chi connectivity index (χ3v) is 3.63. The summed E-state index contributed by atoms with van der Waals surface area (Å²) >= 11 is 0. The zero-order chi connectivity index (χ0) is 14.2. The van der Waals surface area contributed by atoms with E-state index in [1.54, 1.807) is 11.9 Å². The highest BCUT2D eigenvalue weighted by Gasteiger charge is 2.33. The summed E-state index contributed by atoms with van der Waals surface area (Å²) < 4.78 is 13.5. The van der Waals surface area contributed by atoms with Crippen molar-refractivity contribution in [3.8, 4) is 0 Å². The van der Waals surface area contributed by atoms with Crippen LogP contribution in [0.4, 0.5) is 10.1 Å². The number of nitro benzene ring substituents is 1. The first-order chi connectivity index (χ1) is 8.91. The zero-order valence-corrected chi connectivity index (χ0v) is 10.8. The van der Waals surface area contributed by atoms with Gasteiger partial charge in [0.1, 0.15) is 0 Å². The fourth-order valence-electron chi connectivity index (χ4n) is 2.07. The number of carbonyl (C=O) groups excluding carboxylic acids is 1. The minimum Gasteiger partial charge on any atom is -0.339 e. The van der Waals surface area contributed by atoms with Crippen molar-refractivity contribution in [2.45, 2.75) is 25.8 Å². The van der Waals surface area contributed by atoms with Gasteiger partial charge < -0.3 is 4.90 Å². The Morgan fingerprint density at radius 1 is 1.53 bits per heavy atom. The van der Waals surface area contributed by atoms with Crippen LogP contribution in [0.2, 0.25) is 0 Å². The number of nitro groups is 1. The number of carbonyl (C=O) groups is 1. The van der Waals surface area contributed by atoms with E-state index in [9.17, 15) is 19.3 Å². The lowest BCUT2D eigenvalue weighted by Gasteiger charge is -2.24. The number of hydrogen-bond donors (Lipinski definition) is 0. The van der Waals surface area contributed by atoms with Crippen LogP contribution in [0.15, 0.2) is 18.2 Å². The van der Waals surface area contributed by atoms with Crippen LogP contribution in [0.5, 0.6) is 0 Å². The van der Waals surface area contributed by atoms with E-state index in [0.29, 0.717) is 5.92 Å². The highest BCUT2D eigenvalue weighted by molar-refractivity contribution is 5.94. The van der Waals surface area contributed by atoms with Gasteiger partial charge in [-0.25, -0.2) is 0 Å². The molecule has 1 atom stereocenters. The van der Waals surface area contributed by atoms with Crippen LogP contribution in [0.25, 0.3) is 0 Å². The van der Waals surface area contributed by atoms with E-state index in [1.807, 2.05) is 6.92 Å². The van der Waals surface area contributed by atoms with Crippen LogP contribution in [-0.4, -0.2) is 28.8 Å². The van der Waals surface area contributed by atoms with E-state index < -0.39 is 16.4 Å². The number of rotatable bonds is 4. The largest absolute Gasteiger partial charge is 0.339 e. The van der Waals surface area contributed by atoms with E-state index >= 15 is 0 Å². The number of nitrogens with zero attached hydrogens (tertiary/aromatic N) is 2. The molecular formula is C13H15FN2O3. The van der Waals surface area contributed by atoms with Crippen molar-refractivity contribution in [3.05, 3.63) is 39.7 Å². The predicted molar refractivity (Wildman–Crippen MR) is 67.3 cm³/mol. The third kappa shape index (κ3) is 2.72. The maximum absolute atomic E-state index is 13.5. The van der Waals surface area contributed by atoms with Crippen molar-refractivity contribution in [3.63, 3.8) is 0 Å². The van der Waals surface area contributed by atoms with Gasteiger partial charge in [0.15, 0.2) is 0 Å². The maximum Gasteiger partial charge on any atom is 0.304 e. The van der Waals surface area contributed by atoms with Crippen molar-refractivity contribution < 1.29 is 14.1 Å². The summed E-state index contributed by atoms with van der Waals surface area (Å²) in [6.45, 7) is 1.96. The molecule has 0 saturated heterocycles. The second-order valence-corrected chi connectivity index (χ2v) is 4.92. The van der Waals surface area contributed by atoms with Crippen LogP contribution in [0.3, 0.4) is 0 Å².